The lowest BCUT2D eigenvalue weighted by Gasteiger charge is -2.26. The molecule has 2 heterocycles. The number of hydrogen-bond acceptors (Lipinski definition) is 8. The van der Waals surface area contributed by atoms with Crippen LogP contribution < -0.4 is 14.8 Å². The molecule has 164 valence electrons. The van der Waals surface area contributed by atoms with Crippen LogP contribution in [0.3, 0.4) is 0 Å². The summed E-state index contributed by atoms with van der Waals surface area (Å²) in [7, 11) is 0.176. The van der Waals surface area contributed by atoms with E-state index in [1.807, 2.05) is 29.3 Å². The van der Waals surface area contributed by atoms with Crippen molar-refractivity contribution in [1.82, 2.24) is 9.88 Å². The van der Waals surface area contributed by atoms with Gasteiger partial charge in [0, 0.05) is 23.1 Å². The Morgan fingerprint density at radius 3 is 2.77 bits per heavy atom. The van der Waals surface area contributed by atoms with Gasteiger partial charge in [0.1, 0.15) is 11.5 Å². The minimum absolute atomic E-state index is 0.101. The van der Waals surface area contributed by atoms with Crippen molar-refractivity contribution in [3.8, 4) is 22.8 Å². The first-order valence-electron chi connectivity index (χ1n) is 9.77. The topological polar surface area (TPSA) is 97.8 Å². The van der Waals surface area contributed by atoms with E-state index in [1.54, 1.807) is 20.3 Å². The molecule has 1 fully saturated rings. The van der Waals surface area contributed by atoms with E-state index in [4.69, 9.17) is 9.47 Å². The number of hydrogen-bond donors (Lipinski definition) is 1. The molecule has 1 amide bonds. The number of amides is 1. The molecule has 1 aromatic carbocycles. The highest BCUT2D eigenvalue weighted by Crippen LogP contribution is 2.34. The van der Waals surface area contributed by atoms with Crippen LogP contribution in [0.1, 0.15) is 19.8 Å². The van der Waals surface area contributed by atoms with Gasteiger partial charge in [0.05, 0.1) is 38.0 Å². The van der Waals surface area contributed by atoms with Crippen LogP contribution in [0.25, 0.3) is 11.3 Å². The van der Waals surface area contributed by atoms with Gasteiger partial charge >= 0.3 is 0 Å². The quantitative estimate of drug-likeness (QED) is 0.623. The summed E-state index contributed by atoms with van der Waals surface area (Å²) in [4.78, 5) is 19.1. The maximum Gasteiger partial charge on any atom is 0.240 e. The zero-order valence-corrected chi connectivity index (χ0v) is 19.0. The minimum atomic E-state index is -3.00. The van der Waals surface area contributed by atoms with Gasteiger partial charge in [-0.3, -0.25) is 9.69 Å². The fraction of sp³-hybridized carbons (Fsp3) is 0.500. The van der Waals surface area contributed by atoms with Crippen LogP contribution in [0.2, 0.25) is 0 Å². The molecule has 1 aromatic heterocycles. The van der Waals surface area contributed by atoms with Crippen LogP contribution in [0.4, 0.5) is 5.13 Å². The van der Waals surface area contributed by atoms with E-state index in [9.17, 15) is 13.2 Å². The maximum atomic E-state index is 12.6. The largest absolute Gasteiger partial charge is 0.497 e. The van der Waals surface area contributed by atoms with Crippen molar-refractivity contribution in [3.63, 3.8) is 0 Å². The fourth-order valence-electron chi connectivity index (χ4n) is 3.55. The van der Waals surface area contributed by atoms with E-state index in [2.05, 4.69) is 10.3 Å². The highest BCUT2D eigenvalue weighted by molar-refractivity contribution is 7.91. The van der Waals surface area contributed by atoms with E-state index in [0.29, 0.717) is 35.3 Å². The Bertz CT molecular complexity index is 990. The monoisotopic (exact) mass is 453 g/mol. The number of thiazole rings is 1. The Hall–Kier alpha value is -2.17. The predicted molar refractivity (Wildman–Crippen MR) is 118 cm³/mol. The normalized spacial score (nSPS) is 17.8. The molecule has 0 aliphatic carbocycles. The van der Waals surface area contributed by atoms with Crippen molar-refractivity contribution in [1.29, 1.82) is 0 Å². The van der Waals surface area contributed by atoms with Crippen LogP contribution in [-0.2, 0) is 14.6 Å². The third-order valence-electron chi connectivity index (χ3n) is 5.02. The summed E-state index contributed by atoms with van der Waals surface area (Å²) in [6, 6.07) is 5.37. The molecule has 2 aromatic rings. The molecule has 0 saturated carbocycles. The second-order valence-electron chi connectivity index (χ2n) is 7.18. The van der Waals surface area contributed by atoms with E-state index < -0.39 is 9.84 Å². The van der Waals surface area contributed by atoms with Crippen LogP contribution in [0, 0.1) is 0 Å². The lowest BCUT2D eigenvalue weighted by Crippen LogP contribution is -2.42. The number of rotatable bonds is 9. The summed E-state index contributed by atoms with van der Waals surface area (Å²) in [6.45, 7) is 2.85. The SMILES string of the molecule is CCCN(CC(=O)Nc1nc(-c2ccc(OC)cc2OC)cs1)C1CCS(=O)(=O)C1. The van der Waals surface area contributed by atoms with Gasteiger partial charge in [0.15, 0.2) is 15.0 Å². The van der Waals surface area contributed by atoms with Crippen molar-refractivity contribution in [2.45, 2.75) is 25.8 Å². The summed E-state index contributed by atoms with van der Waals surface area (Å²) < 4.78 is 34.3. The van der Waals surface area contributed by atoms with Gasteiger partial charge in [-0.05, 0) is 31.5 Å². The van der Waals surface area contributed by atoms with Gasteiger partial charge in [-0.1, -0.05) is 6.92 Å². The van der Waals surface area contributed by atoms with Crippen molar-refractivity contribution in [2.24, 2.45) is 0 Å². The standard InChI is InChI=1S/C20H27N3O5S2/c1-4-8-23(14-7-9-30(25,26)13-14)11-19(24)22-20-21-17(12-29-20)16-6-5-15(27-2)10-18(16)28-3/h5-6,10,12,14H,4,7-9,11,13H2,1-3H3,(H,21,22,24). The van der Waals surface area contributed by atoms with Crippen molar-refractivity contribution in [3.05, 3.63) is 23.6 Å². The number of sulfone groups is 1. The first kappa shape index (κ1) is 22.5. The smallest absolute Gasteiger partial charge is 0.240 e. The number of nitrogens with zero attached hydrogens (tertiary/aromatic N) is 2. The Morgan fingerprint density at radius 1 is 1.33 bits per heavy atom. The van der Waals surface area contributed by atoms with Crippen LogP contribution in [0.15, 0.2) is 23.6 Å². The molecule has 10 heteroatoms. The molecule has 1 N–H and O–H groups in total. The number of benzene rings is 1. The summed E-state index contributed by atoms with van der Waals surface area (Å²) in [6.07, 6.45) is 1.43. The Morgan fingerprint density at radius 2 is 2.13 bits per heavy atom. The molecule has 1 unspecified atom stereocenters. The summed E-state index contributed by atoms with van der Waals surface area (Å²) in [5.74, 6) is 1.44. The third-order valence-corrected chi connectivity index (χ3v) is 7.53. The second-order valence-corrected chi connectivity index (χ2v) is 10.3. The van der Waals surface area contributed by atoms with Crippen molar-refractivity contribution >= 4 is 32.2 Å². The number of methoxy groups -OCH3 is 2. The average molecular weight is 454 g/mol. The third kappa shape index (κ3) is 5.50. The van der Waals surface area contributed by atoms with Gasteiger partial charge in [-0.25, -0.2) is 13.4 Å². The van der Waals surface area contributed by atoms with E-state index in [-0.39, 0.29) is 30.0 Å². The van der Waals surface area contributed by atoms with Gasteiger partial charge in [0.25, 0.3) is 0 Å². The average Bonchev–Trinajstić information content (AvgIpc) is 3.33. The fourth-order valence-corrected chi connectivity index (χ4v) is 6.04. The number of carbonyl (C=O) groups is 1. The number of anilines is 1. The Labute approximate surface area is 181 Å². The highest BCUT2D eigenvalue weighted by Gasteiger charge is 2.32. The molecule has 1 aliphatic rings. The van der Waals surface area contributed by atoms with Crippen molar-refractivity contribution in [2.75, 3.05) is 44.1 Å². The van der Waals surface area contributed by atoms with Gasteiger partial charge < -0.3 is 14.8 Å². The zero-order chi connectivity index (χ0) is 21.7. The molecule has 0 radical (unpaired) electrons. The van der Waals surface area contributed by atoms with E-state index in [1.165, 1.54) is 11.3 Å². The zero-order valence-electron chi connectivity index (χ0n) is 17.4. The van der Waals surface area contributed by atoms with Crippen LogP contribution in [0.5, 0.6) is 11.5 Å². The van der Waals surface area contributed by atoms with Gasteiger partial charge in [-0.2, -0.15) is 0 Å². The number of nitrogens with one attached hydrogen (secondary N) is 1. The Kier molecular flexibility index (Phi) is 7.32. The highest BCUT2D eigenvalue weighted by atomic mass is 32.2. The number of carbonyl (C=O) groups excluding carboxylic acids is 1. The molecular weight excluding hydrogens is 426 g/mol. The molecular formula is C20H27N3O5S2. The summed E-state index contributed by atoms with van der Waals surface area (Å²) in [5, 5.41) is 5.18. The van der Waals surface area contributed by atoms with Crippen LogP contribution >= 0.6 is 11.3 Å². The van der Waals surface area contributed by atoms with Crippen molar-refractivity contribution < 1.29 is 22.7 Å². The molecule has 1 atom stereocenters. The molecule has 0 spiro atoms. The van der Waals surface area contributed by atoms with E-state index in [0.717, 1.165) is 12.0 Å². The molecule has 30 heavy (non-hydrogen) atoms. The second kappa shape index (κ2) is 9.76. The minimum Gasteiger partial charge on any atom is -0.497 e. The molecule has 3 rings (SSSR count). The lowest BCUT2D eigenvalue weighted by molar-refractivity contribution is -0.117. The molecule has 1 saturated heterocycles. The first-order valence-corrected chi connectivity index (χ1v) is 12.5. The summed E-state index contributed by atoms with van der Waals surface area (Å²) >= 11 is 1.33. The Balaban J connectivity index is 1.67. The number of ether oxygens (including phenoxy) is 2. The van der Waals surface area contributed by atoms with E-state index >= 15 is 0 Å². The molecule has 0 bridgehead atoms. The predicted octanol–water partition coefficient (Wildman–Crippen LogP) is 2.66. The summed E-state index contributed by atoms with van der Waals surface area (Å²) in [5.41, 5.74) is 1.50. The lowest BCUT2D eigenvalue weighted by atomic mass is 10.1. The first-order chi connectivity index (χ1) is 14.3. The number of aromatic nitrogens is 1. The van der Waals surface area contributed by atoms with Crippen LogP contribution in [-0.4, -0.2) is 69.1 Å². The maximum absolute atomic E-state index is 12.6. The van der Waals surface area contributed by atoms with Gasteiger partial charge in [0.2, 0.25) is 5.91 Å². The molecule has 1 aliphatic heterocycles. The molecule has 8 nitrogen and oxygen atoms in total. The van der Waals surface area contributed by atoms with Gasteiger partial charge in [-0.15, -0.1) is 11.3 Å².